The van der Waals surface area contributed by atoms with E-state index < -0.39 is 0 Å². The SMILES string of the molecule is CCCNc1nc(CC)nc(NC(C)C2CC2)c1C. The first kappa shape index (κ1) is 14.1. The molecule has 1 aromatic rings. The number of aryl methyl sites for hydroxylation is 1. The largest absolute Gasteiger partial charge is 0.370 e. The highest BCUT2D eigenvalue weighted by atomic mass is 15.1. The Hall–Kier alpha value is -1.32. The van der Waals surface area contributed by atoms with Crippen LogP contribution in [0.2, 0.25) is 0 Å². The van der Waals surface area contributed by atoms with Crippen molar-refractivity contribution in [3.63, 3.8) is 0 Å². The molecule has 4 nitrogen and oxygen atoms in total. The summed E-state index contributed by atoms with van der Waals surface area (Å²) in [6, 6.07) is 0.511. The van der Waals surface area contributed by atoms with Crippen LogP contribution < -0.4 is 10.6 Å². The fourth-order valence-corrected chi connectivity index (χ4v) is 2.21. The van der Waals surface area contributed by atoms with E-state index in [9.17, 15) is 0 Å². The Labute approximate surface area is 116 Å². The minimum atomic E-state index is 0.511. The van der Waals surface area contributed by atoms with Crippen LogP contribution in [0.4, 0.5) is 11.6 Å². The van der Waals surface area contributed by atoms with Crippen LogP contribution in [0.15, 0.2) is 0 Å². The number of anilines is 2. The van der Waals surface area contributed by atoms with Crippen LogP contribution in [0.1, 0.15) is 51.4 Å². The molecule has 1 heterocycles. The van der Waals surface area contributed by atoms with Crippen LogP contribution in [-0.2, 0) is 6.42 Å². The molecule has 1 saturated carbocycles. The van der Waals surface area contributed by atoms with Crippen molar-refractivity contribution in [2.75, 3.05) is 17.2 Å². The van der Waals surface area contributed by atoms with Crippen molar-refractivity contribution in [2.24, 2.45) is 5.92 Å². The van der Waals surface area contributed by atoms with Gasteiger partial charge in [-0.25, -0.2) is 9.97 Å². The molecule has 0 radical (unpaired) electrons. The summed E-state index contributed by atoms with van der Waals surface area (Å²) in [7, 11) is 0. The lowest BCUT2D eigenvalue weighted by Crippen LogP contribution is -2.20. The first-order chi connectivity index (χ1) is 9.15. The lowest BCUT2D eigenvalue weighted by Gasteiger charge is -2.18. The molecular formula is C15H26N4. The van der Waals surface area contributed by atoms with Gasteiger partial charge in [0.2, 0.25) is 0 Å². The van der Waals surface area contributed by atoms with E-state index in [0.717, 1.165) is 48.3 Å². The van der Waals surface area contributed by atoms with E-state index in [1.807, 2.05) is 0 Å². The average Bonchev–Trinajstić information content (AvgIpc) is 3.24. The Morgan fingerprint density at radius 2 is 1.89 bits per heavy atom. The van der Waals surface area contributed by atoms with Crippen molar-refractivity contribution < 1.29 is 0 Å². The van der Waals surface area contributed by atoms with Gasteiger partial charge in [-0.05, 0) is 39.0 Å². The number of hydrogen-bond donors (Lipinski definition) is 2. The molecule has 0 saturated heterocycles. The molecule has 2 N–H and O–H groups in total. The van der Waals surface area contributed by atoms with Crippen molar-refractivity contribution in [1.82, 2.24) is 9.97 Å². The first-order valence-corrected chi connectivity index (χ1v) is 7.53. The van der Waals surface area contributed by atoms with Gasteiger partial charge in [0.1, 0.15) is 17.5 Å². The van der Waals surface area contributed by atoms with E-state index in [0.29, 0.717) is 6.04 Å². The molecule has 0 spiro atoms. The fraction of sp³-hybridized carbons (Fsp3) is 0.733. The Kier molecular flexibility index (Phi) is 4.61. The van der Waals surface area contributed by atoms with Crippen molar-refractivity contribution in [2.45, 2.75) is 59.4 Å². The zero-order valence-corrected chi connectivity index (χ0v) is 12.6. The van der Waals surface area contributed by atoms with Crippen LogP contribution in [-0.4, -0.2) is 22.6 Å². The van der Waals surface area contributed by atoms with Gasteiger partial charge in [0, 0.05) is 24.6 Å². The predicted molar refractivity (Wildman–Crippen MR) is 80.7 cm³/mol. The maximum absolute atomic E-state index is 4.65. The van der Waals surface area contributed by atoms with Gasteiger partial charge < -0.3 is 10.6 Å². The van der Waals surface area contributed by atoms with E-state index in [2.05, 4.69) is 48.3 Å². The molecule has 1 unspecified atom stereocenters. The molecule has 106 valence electrons. The van der Waals surface area contributed by atoms with E-state index >= 15 is 0 Å². The Morgan fingerprint density at radius 3 is 2.47 bits per heavy atom. The molecule has 0 aromatic carbocycles. The number of rotatable bonds is 7. The quantitative estimate of drug-likeness (QED) is 0.791. The third-order valence-electron chi connectivity index (χ3n) is 3.74. The van der Waals surface area contributed by atoms with Gasteiger partial charge in [-0.2, -0.15) is 0 Å². The van der Waals surface area contributed by atoms with Gasteiger partial charge in [-0.15, -0.1) is 0 Å². The standard InChI is InChI=1S/C15H26N4/c1-5-9-16-14-10(3)15(19-13(6-2)18-14)17-11(4)12-7-8-12/h11-12H,5-9H2,1-4H3,(H2,16,17,18,19). The molecule has 1 fully saturated rings. The molecule has 0 bridgehead atoms. The van der Waals surface area contributed by atoms with Gasteiger partial charge in [-0.3, -0.25) is 0 Å². The smallest absolute Gasteiger partial charge is 0.134 e. The van der Waals surface area contributed by atoms with Gasteiger partial charge >= 0.3 is 0 Å². The Balaban J connectivity index is 2.19. The molecule has 1 atom stereocenters. The summed E-state index contributed by atoms with van der Waals surface area (Å²) in [6.07, 6.45) is 4.67. The third-order valence-corrected chi connectivity index (χ3v) is 3.74. The average molecular weight is 262 g/mol. The van der Waals surface area contributed by atoms with Gasteiger partial charge in [0.05, 0.1) is 0 Å². The summed E-state index contributed by atoms with van der Waals surface area (Å²) in [5.74, 6) is 3.73. The molecule has 19 heavy (non-hydrogen) atoms. The van der Waals surface area contributed by atoms with Crippen LogP contribution >= 0.6 is 0 Å². The van der Waals surface area contributed by atoms with E-state index in [4.69, 9.17) is 0 Å². The molecule has 2 rings (SSSR count). The predicted octanol–water partition coefficient (Wildman–Crippen LogP) is 3.38. The fourth-order valence-electron chi connectivity index (χ4n) is 2.21. The maximum Gasteiger partial charge on any atom is 0.134 e. The first-order valence-electron chi connectivity index (χ1n) is 7.53. The monoisotopic (exact) mass is 262 g/mol. The van der Waals surface area contributed by atoms with E-state index in [1.54, 1.807) is 0 Å². The van der Waals surface area contributed by atoms with Crippen LogP contribution in [0.5, 0.6) is 0 Å². The number of hydrogen-bond acceptors (Lipinski definition) is 4. The zero-order valence-electron chi connectivity index (χ0n) is 12.6. The Bertz CT molecular complexity index is 426. The summed E-state index contributed by atoms with van der Waals surface area (Å²) >= 11 is 0. The summed E-state index contributed by atoms with van der Waals surface area (Å²) in [5.41, 5.74) is 1.14. The molecule has 1 aromatic heterocycles. The van der Waals surface area contributed by atoms with E-state index in [1.165, 1.54) is 12.8 Å². The molecule has 1 aliphatic rings. The van der Waals surface area contributed by atoms with Crippen LogP contribution in [0.3, 0.4) is 0 Å². The van der Waals surface area contributed by atoms with Gasteiger partial charge in [-0.1, -0.05) is 13.8 Å². The highest BCUT2D eigenvalue weighted by molar-refractivity contribution is 5.57. The maximum atomic E-state index is 4.65. The summed E-state index contributed by atoms with van der Waals surface area (Å²) < 4.78 is 0. The number of aromatic nitrogens is 2. The second-order valence-electron chi connectivity index (χ2n) is 5.51. The van der Waals surface area contributed by atoms with Gasteiger partial charge in [0.25, 0.3) is 0 Å². The highest BCUT2D eigenvalue weighted by Gasteiger charge is 2.28. The minimum absolute atomic E-state index is 0.511. The molecular weight excluding hydrogens is 236 g/mol. The van der Waals surface area contributed by atoms with Crippen molar-refractivity contribution in [3.8, 4) is 0 Å². The van der Waals surface area contributed by atoms with Crippen LogP contribution in [0.25, 0.3) is 0 Å². The Morgan fingerprint density at radius 1 is 1.21 bits per heavy atom. The topological polar surface area (TPSA) is 49.8 Å². The van der Waals surface area contributed by atoms with Crippen molar-refractivity contribution >= 4 is 11.6 Å². The molecule has 1 aliphatic carbocycles. The molecule has 4 heteroatoms. The summed E-state index contributed by atoms with van der Waals surface area (Å²) in [6.45, 7) is 9.57. The van der Waals surface area contributed by atoms with Gasteiger partial charge in [0.15, 0.2) is 0 Å². The number of nitrogens with zero attached hydrogens (tertiary/aromatic N) is 2. The second kappa shape index (κ2) is 6.22. The normalized spacial score (nSPS) is 16.2. The highest BCUT2D eigenvalue weighted by Crippen LogP contribution is 2.34. The molecule has 0 amide bonds. The van der Waals surface area contributed by atoms with Crippen molar-refractivity contribution in [1.29, 1.82) is 0 Å². The second-order valence-corrected chi connectivity index (χ2v) is 5.51. The van der Waals surface area contributed by atoms with Crippen molar-refractivity contribution in [3.05, 3.63) is 11.4 Å². The lowest BCUT2D eigenvalue weighted by molar-refractivity contribution is 0.687. The zero-order chi connectivity index (χ0) is 13.8. The van der Waals surface area contributed by atoms with E-state index in [-0.39, 0.29) is 0 Å². The third kappa shape index (κ3) is 3.58. The summed E-state index contributed by atoms with van der Waals surface area (Å²) in [5, 5.41) is 6.98. The minimum Gasteiger partial charge on any atom is -0.370 e. The van der Waals surface area contributed by atoms with Crippen LogP contribution in [0, 0.1) is 12.8 Å². The summed E-state index contributed by atoms with van der Waals surface area (Å²) in [4.78, 5) is 9.24. The molecule has 0 aliphatic heterocycles. The lowest BCUT2D eigenvalue weighted by atomic mass is 10.2. The number of nitrogens with one attached hydrogen (secondary N) is 2.